The van der Waals surface area contributed by atoms with Gasteiger partial charge in [-0.3, -0.25) is 0 Å². The van der Waals surface area contributed by atoms with Crippen LogP contribution < -0.4 is 10.5 Å². The fourth-order valence-electron chi connectivity index (χ4n) is 2.63. The Balaban J connectivity index is 1.65. The molecule has 0 saturated heterocycles. The average molecular weight is 392 g/mol. The summed E-state index contributed by atoms with van der Waals surface area (Å²) in [6, 6.07) is 18.3. The zero-order chi connectivity index (χ0) is 20.8. The summed E-state index contributed by atoms with van der Waals surface area (Å²) in [5.74, 6) is -0.260. The molecule has 0 aliphatic carbocycles. The number of carbonyl (C=O) groups excluding carboxylic acids is 1. The molecule has 0 spiro atoms. The van der Waals surface area contributed by atoms with Gasteiger partial charge in [0, 0.05) is 5.56 Å². The summed E-state index contributed by atoms with van der Waals surface area (Å²) in [6.45, 7) is 4.29. The molecule has 0 aliphatic heterocycles. The Morgan fingerprint density at radius 2 is 1.76 bits per heavy atom. The van der Waals surface area contributed by atoms with Crippen molar-refractivity contribution in [3.05, 3.63) is 100 Å². The van der Waals surface area contributed by atoms with Crippen molar-refractivity contribution in [3.63, 3.8) is 0 Å². The summed E-state index contributed by atoms with van der Waals surface area (Å²) in [7, 11) is 0. The van der Waals surface area contributed by atoms with Crippen molar-refractivity contribution >= 4 is 11.8 Å². The van der Waals surface area contributed by atoms with Gasteiger partial charge in [0.25, 0.3) is 0 Å². The molecule has 6 heteroatoms. The van der Waals surface area contributed by atoms with Crippen LogP contribution in [-0.4, -0.2) is 11.8 Å². The zero-order valence-corrected chi connectivity index (χ0v) is 16.2. The van der Waals surface area contributed by atoms with Gasteiger partial charge in [0.15, 0.2) is 5.84 Å². The van der Waals surface area contributed by atoms with E-state index < -0.39 is 11.8 Å². The van der Waals surface area contributed by atoms with Crippen molar-refractivity contribution in [1.82, 2.24) is 0 Å². The summed E-state index contributed by atoms with van der Waals surface area (Å²) in [6.07, 6.45) is 0. The van der Waals surface area contributed by atoms with Crippen molar-refractivity contribution in [2.45, 2.75) is 20.5 Å². The van der Waals surface area contributed by atoms with E-state index in [0.717, 1.165) is 22.4 Å². The van der Waals surface area contributed by atoms with Crippen LogP contribution in [0, 0.1) is 19.7 Å². The van der Waals surface area contributed by atoms with E-state index in [1.807, 2.05) is 38.1 Å². The fourth-order valence-corrected chi connectivity index (χ4v) is 2.63. The minimum Gasteiger partial charge on any atom is -0.489 e. The lowest BCUT2D eigenvalue weighted by atomic mass is 10.1. The van der Waals surface area contributed by atoms with Gasteiger partial charge in [-0.15, -0.1) is 0 Å². The van der Waals surface area contributed by atoms with Gasteiger partial charge < -0.3 is 15.3 Å². The predicted molar refractivity (Wildman–Crippen MR) is 109 cm³/mol. The Labute approximate surface area is 168 Å². The number of nitrogens with two attached hydrogens (primary N) is 1. The second-order valence-electron chi connectivity index (χ2n) is 6.62. The van der Waals surface area contributed by atoms with Crippen molar-refractivity contribution in [3.8, 4) is 5.75 Å². The molecule has 0 aliphatic rings. The number of oxime groups is 1. The molecule has 0 atom stereocenters. The third-order valence-corrected chi connectivity index (χ3v) is 4.27. The van der Waals surface area contributed by atoms with E-state index in [-0.39, 0.29) is 5.84 Å². The van der Waals surface area contributed by atoms with Crippen LogP contribution in [-0.2, 0) is 11.4 Å². The lowest BCUT2D eigenvalue weighted by Crippen LogP contribution is -2.15. The molecule has 0 amide bonds. The van der Waals surface area contributed by atoms with Crippen LogP contribution in [0.3, 0.4) is 0 Å². The van der Waals surface area contributed by atoms with Crippen molar-refractivity contribution < 1.29 is 18.8 Å². The zero-order valence-electron chi connectivity index (χ0n) is 16.2. The van der Waals surface area contributed by atoms with Crippen LogP contribution in [0.4, 0.5) is 4.39 Å². The molecule has 29 heavy (non-hydrogen) atoms. The Morgan fingerprint density at radius 1 is 1.00 bits per heavy atom. The van der Waals surface area contributed by atoms with E-state index >= 15 is 0 Å². The van der Waals surface area contributed by atoms with Crippen LogP contribution in [0.1, 0.15) is 32.6 Å². The fraction of sp³-hybridized carbons (Fsp3) is 0.130. The lowest BCUT2D eigenvalue weighted by Gasteiger charge is -2.10. The first-order valence-electron chi connectivity index (χ1n) is 9.02. The van der Waals surface area contributed by atoms with Crippen LogP contribution in [0.15, 0.2) is 71.9 Å². The maximum atomic E-state index is 13.0. The normalized spacial score (nSPS) is 11.2. The van der Waals surface area contributed by atoms with E-state index in [2.05, 4.69) is 5.16 Å². The summed E-state index contributed by atoms with van der Waals surface area (Å²) >= 11 is 0. The second-order valence-corrected chi connectivity index (χ2v) is 6.62. The first-order valence-corrected chi connectivity index (χ1v) is 9.02. The topological polar surface area (TPSA) is 73.9 Å². The Morgan fingerprint density at radius 3 is 2.52 bits per heavy atom. The number of carbonyl (C=O) groups is 1. The van der Waals surface area contributed by atoms with Gasteiger partial charge >= 0.3 is 5.97 Å². The Hall–Kier alpha value is -3.67. The lowest BCUT2D eigenvalue weighted by molar-refractivity contribution is 0.0516. The Kier molecular flexibility index (Phi) is 6.24. The molecule has 3 rings (SSSR count). The number of nitrogens with zero attached hydrogens (tertiary/aromatic N) is 1. The first-order chi connectivity index (χ1) is 13.9. The molecule has 3 aromatic carbocycles. The smallest absolute Gasteiger partial charge is 0.365 e. The van der Waals surface area contributed by atoms with Crippen LogP contribution in [0.25, 0.3) is 0 Å². The van der Waals surface area contributed by atoms with Gasteiger partial charge in [0.1, 0.15) is 18.2 Å². The van der Waals surface area contributed by atoms with Crippen molar-refractivity contribution in [2.75, 3.05) is 0 Å². The number of aryl methyl sites for hydroxylation is 2. The minimum absolute atomic E-state index is 0.0206. The van der Waals surface area contributed by atoms with E-state index in [1.165, 1.54) is 24.3 Å². The molecule has 0 radical (unpaired) electrons. The van der Waals surface area contributed by atoms with Gasteiger partial charge in [0.2, 0.25) is 0 Å². The summed E-state index contributed by atoms with van der Waals surface area (Å²) in [5.41, 5.74) is 9.51. The van der Waals surface area contributed by atoms with E-state index in [4.69, 9.17) is 15.3 Å². The van der Waals surface area contributed by atoms with Gasteiger partial charge in [-0.05, 0) is 73.0 Å². The third-order valence-electron chi connectivity index (χ3n) is 4.27. The van der Waals surface area contributed by atoms with E-state index in [9.17, 15) is 9.18 Å². The number of hydrogen-bond donors (Lipinski definition) is 1. The van der Waals surface area contributed by atoms with E-state index in [1.54, 1.807) is 18.2 Å². The molecule has 0 fully saturated rings. The molecular formula is C23H21FN2O3. The monoisotopic (exact) mass is 392 g/mol. The van der Waals surface area contributed by atoms with Gasteiger partial charge in [-0.2, -0.15) is 0 Å². The molecule has 3 aromatic rings. The van der Waals surface area contributed by atoms with E-state index in [0.29, 0.717) is 17.7 Å². The van der Waals surface area contributed by atoms with Crippen LogP contribution in [0.2, 0.25) is 0 Å². The molecule has 0 unspecified atom stereocenters. The largest absolute Gasteiger partial charge is 0.489 e. The molecule has 0 aromatic heterocycles. The number of ether oxygens (including phenoxy) is 1. The predicted octanol–water partition coefficient (Wildman–Crippen LogP) is 4.50. The first kappa shape index (κ1) is 20.1. The maximum Gasteiger partial charge on any atom is 0.365 e. The molecular weight excluding hydrogens is 371 g/mol. The average Bonchev–Trinajstić information content (AvgIpc) is 2.73. The van der Waals surface area contributed by atoms with Gasteiger partial charge in [-0.1, -0.05) is 29.4 Å². The summed E-state index contributed by atoms with van der Waals surface area (Å²) in [5, 5.41) is 3.64. The van der Waals surface area contributed by atoms with Gasteiger partial charge in [-0.25, -0.2) is 9.18 Å². The Bertz CT molecular complexity index is 1050. The maximum absolute atomic E-state index is 13.0. The second kappa shape index (κ2) is 9.01. The molecule has 5 nitrogen and oxygen atoms in total. The minimum atomic E-state index is -0.649. The number of amidine groups is 1. The molecule has 0 heterocycles. The third kappa shape index (κ3) is 5.42. The molecule has 0 saturated carbocycles. The number of benzene rings is 3. The highest BCUT2D eigenvalue weighted by atomic mass is 19.1. The SMILES string of the molecule is Cc1ccc(C)c(OCc2cccc(C(=O)O/N=C(\N)c3ccc(F)cc3)c2)c1. The molecule has 2 N–H and O–H groups in total. The van der Waals surface area contributed by atoms with Crippen molar-refractivity contribution in [1.29, 1.82) is 0 Å². The molecule has 0 bridgehead atoms. The molecule has 148 valence electrons. The quantitative estimate of drug-likeness (QED) is 0.290. The highest BCUT2D eigenvalue weighted by Gasteiger charge is 2.10. The standard InChI is InChI=1S/C23H21FN2O3/c1-15-6-7-16(2)21(12-15)28-14-17-4-3-5-19(13-17)23(27)29-26-22(25)18-8-10-20(24)11-9-18/h3-13H,14H2,1-2H3,(H2,25,26). The highest BCUT2D eigenvalue weighted by molar-refractivity contribution is 5.98. The number of hydrogen-bond acceptors (Lipinski definition) is 4. The number of rotatable bonds is 6. The van der Waals surface area contributed by atoms with Crippen LogP contribution in [0.5, 0.6) is 5.75 Å². The summed E-state index contributed by atoms with van der Waals surface area (Å²) in [4.78, 5) is 17.2. The highest BCUT2D eigenvalue weighted by Crippen LogP contribution is 2.20. The van der Waals surface area contributed by atoms with Crippen LogP contribution >= 0.6 is 0 Å². The van der Waals surface area contributed by atoms with Gasteiger partial charge in [0.05, 0.1) is 5.56 Å². The summed E-state index contributed by atoms with van der Waals surface area (Å²) < 4.78 is 18.8. The van der Waals surface area contributed by atoms with Crippen molar-refractivity contribution in [2.24, 2.45) is 10.9 Å². The number of halogens is 1.